The minimum Gasteiger partial charge on any atom is -0.332 e. The van der Waals surface area contributed by atoms with Crippen molar-refractivity contribution in [3.8, 4) is 0 Å². The standard InChI is InChI=1S/C18H20F3N3O2S2/c1-17(2,3)12-7-9-15(10-8-12)28(25,26)24-23-16(27)22-14-6-4-5-13(11-14)18(19,20)21/h4-11,24H,1-3H3,(H2,22,23,27). The molecule has 0 spiro atoms. The summed E-state index contributed by atoms with van der Waals surface area (Å²) in [6.45, 7) is 6.02. The largest absolute Gasteiger partial charge is 0.416 e. The second-order valence-electron chi connectivity index (χ2n) is 7.04. The van der Waals surface area contributed by atoms with Crippen LogP contribution in [-0.2, 0) is 21.6 Å². The molecule has 5 nitrogen and oxygen atoms in total. The maximum Gasteiger partial charge on any atom is 0.416 e. The molecule has 0 heterocycles. The van der Waals surface area contributed by atoms with Crippen LogP contribution in [0.5, 0.6) is 0 Å². The van der Waals surface area contributed by atoms with Crippen LogP contribution in [0.2, 0.25) is 0 Å². The molecule has 0 unspecified atom stereocenters. The minimum absolute atomic E-state index is 0.0230. The molecule has 10 heteroatoms. The maximum atomic E-state index is 12.7. The Balaban J connectivity index is 2.02. The molecule has 0 aliphatic rings. The van der Waals surface area contributed by atoms with Crippen molar-refractivity contribution in [2.24, 2.45) is 0 Å². The highest BCUT2D eigenvalue weighted by molar-refractivity contribution is 7.89. The summed E-state index contributed by atoms with van der Waals surface area (Å²) in [6.07, 6.45) is -4.49. The number of hydrogen-bond acceptors (Lipinski definition) is 3. The van der Waals surface area contributed by atoms with Gasteiger partial charge in [-0.3, -0.25) is 5.43 Å². The molecule has 0 aliphatic heterocycles. The van der Waals surface area contributed by atoms with E-state index in [0.717, 1.165) is 17.7 Å². The Kier molecular flexibility index (Phi) is 6.37. The molecule has 2 aromatic carbocycles. The van der Waals surface area contributed by atoms with Gasteiger partial charge in [0.15, 0.2) is 5.11 Å². The van der Waals surface area contributed by atoms with E-state index in [1.807, 2.05) is 20.8 Å². The average molecular weight is 432 g/mol. The second kappa shape index (κ2) is 8.06. The zero-order chi connectivity index (χ0) is 21.2. The van der Waals surface area contributed by atoms with Crippen LogP contribution >= 0.6 is 12.2 Å². The molecular weight excluding hydrogens is 411 g/mol. The molecule has 28 heavy (non-hydrogen) atoms. The van der Waals surface area contributed by atoms with Crippen LogP contribution in [0, 0.1) is 0 Å². The van der Waals surface area contributed by atoms with E-state index >= 15 is 0 Å². The number of halogens is 3. The quantitative estimate of drug-likeness (QED) is 0.500. The van der Waals surface area contributed by atoms with Gasteiger partial charge in [-0.05, 0) is 53.5 Å². The first-order valence-electron chi connectivity index (χ1n) is 8.16. The van der Waals surface area contributed by atoms with Gasteiger partial charge >= 0.3 is 6.18 Å². The summed E-state index contributed by atoms with van der Waals surface area (Å²) in [4.78, 5) is 2.12. The number of anilines is 1. The SMILES string of the molecule is CC(C)(C)c1ccc(S(=O)(=O)NNC(=S)Nc2cccc(C(F)(F)F)c2)cc1. The van der Waals surface area contributed by atoms with E-state index in [4.69, 9.17) is 12.2 Å². The average Bonchev–Trinajstić information content (AvgIpc) is 2.59. The summed E-state index contributed by atoms with van der Waals surface area (Å²) in [5, 5.41) is 2.30. The van der Waals surface area contributed by atoms with Gasteiger partial charge in [0.2, 0.25) is 0 Å². The van der Waals surface area contributed by atoms with Gasteiger partial charge < -0.3 is 5.32 Å². The summed E-state index contributed by atoms with van der Waals surface area (Å²) in [5.74, 6) is 0. The minimum atomic E-state index is -4.49. The summed E-state index contributed by atoms with van der Waals surface area (Å²) >= 11 is 4.93. The van der Waals surface area contributed by atoms with Gasteiger partial charge in [-0.15, -0.1) is 4.83 Å². The molecule has 0 radical (unpaired) electrons. The Labute approximate surface area is 167 Å². The number of alkyl halides is 3. The highest BCUT2D eigenvalue weighted by Crippen LogP contribution is 2.30. The van der Waals surface area contributed by atoms with Gasteiger partial charge in [-0.2, -0.15) is 13.2 Å². The van der Waals surface area contributed by atoms with Crippen LogP contribution in [0.25, 0.3) is 0 Å². The van der Waals surface area contributed by atoms with Crippen molar-refractivity contribution in [3.63, 3.8) is 0 Å². The van der Waals surface area contributed by atoms with E-state index < -0.39 is 21.8 Å². The van der Waals surface area contributed by atoms with Crippen molar-refractivity contribution in [1.29, 1.82) is 0 Å². The molecule has 0 amide bonds. The predicted octanol–water partition coefficient (Wildman–Crippen LogP) is 4.18. The number of nitrogens with one attached hydrogen (secondary N) is 3. The normalized spacial score (nSPS) is 12.5. The van der Waals surface area contributed by atoms with Crippen LogP contribution in [0.4, 0.5) is 18.9 Å². The molecule has 2 aromatic rings. The molecule has 2 rings (SSSR count). The monoisotopic (exact) mass is 431 g/mol. The molecule has 0 bridgehead atoms. The van der Waals surface area contributed by atoms with Crippen LogP contribution in [0.3, 0.4) is 0 Å². The smallest absolute Gasteiger partial charge is 0.332 e. The molecule has 0 atom stereocenters. The lowest BCUT2D eigenvalue weighted by molar-refractivity contribution is -0.137. The van der Waals surface area contributed by atoms with Crippen molar-refractivity contribution in [1.82, 2.24) is 10.3 Å². The molecule has 0 fully saturated rings. The molecular formula is C18H20F3N3O2S2. The molecule has 0 aliphatic carbocycles. The Morgan fingerprint density at radius 2 is 1.57 bits per heavy atom. The number of thiocarbonyl (C=S) groups is 1. The van der Waals surface area contributed by atoms with E-state index in [-0.39, 0.29) is 21.1 Å². The van der Waals surface area contributed by atoms with E-state index in [2.05, 4.69) is 15.6 Å². The van der Waals surface area contributed by atoms with E-state index in [9.17, 15) is 21.6 Å². The van der Waals surface area contributed by atoms with Gasteiger partial charge in [-0.1, -0.05) is 39.0 Å². The van der Waals surface area contributed by atoms with Crippen LogP contribution < -0.4 is 15.6 Å². The Morgan fingerprint density at radius 3 is 2.11 bits per heavy atom. The lowest BCUT2D eigenvalue weighted by Crippen LogP contribution is -2.43. The first kappa shape index (κ1) is 22.1. The lowest BCUT2D eigenvalue weighted by atomic mass is 9.87. The first-order valence-corrected chi connectivity index (χ1v) is 10.0. The van der Waals surface area contributed by atoms with Crippen molar-refractivity contribution in [2.75, 3.05) is 5.32 Å². The number of hydrogen-bond donors (Lipinski definition) is 3. The van der Waals surface area contributed by atoms with E-state index in [1.54, 1.807) is 12.1 Å². The topological polar surface area (TPSA) is 70.2 Å². The maximum absolute atomic E-state index is 12.7. The number of sulfonamides is 1. The van der Waals surface area contributed by atoms with Gasteiger partial charge in [0.25, 0.3) is 10.0 Å². The Morgan fingerprint density at radius 1 is 0.964 bits per heavy atom. The summed E-state index contributed by atoms with van der Waals surface area (Å²) in [6, 6.07) is 10.8. The third kappa shape index (κ3) is 5.91. The van der Waals surface area contributed by atoms with E-state index in [0.29, 0.717) is 0 Å². The van der Waals surface area contributed by atoms with Crippen LogP contribution in [0.1, 0.15) is 31.9 Å². The predicted molar refractivity (Wildman–Crippen MR) is 106 cm³/mol. The fourth-order valence-corrected chi connectivity index (χ4v) is 3.32. The molecule has 0 saturated heterocycles. The van der Waals surface area contributed by atoms with Gasteiger partial charge in [0.05, 0.1) is 10.5 Å². The van der Waals surface area contributed by atoms with Crippen molar-refractivity contribution in [3.05, 3.63) is 59.7 Å². The van der Waals surface area contributed by atoms with Crippen molar-refractivity contribution < 1.29 is 21.6 Å². The Bertz CT molecular complexity index is 951. The highest BCUT2D eigenvalue weighted by Gasteiger charge is 2.30. The summed E-state index contributed by atoms with van der Waals surface area (Å²) < 4.78 is 62.8. The van der Waals surface area contributed by atoms with Gasteiger partial charge in [-0.25, -0.2) is 8.42 Å². The van der Waals surface area contributed by atoms with Crippen molar-refractivity contribution in [2.45, 2.75) is 37.3 Å². The highest BCUT2D eigenvalue weighted by atomic mass is 32.2. The van der Waals surface area contributed by atoms with Gasteiger partial charge in [0.1, 0.15) is 0 Å². The fraction of sp³-hybridized carbons (Fsp3) is 0.278. The third-order valence-electron chi connectivity index (χ3n) is 3.78. The number of benzene rings is 2. The fourth-order valence-electron chi connectivity index (χ4n) is 2.24. The van der Waals surface area contributed by atoms with Crippen LogP contribution in [0.15, 0.2) is 53.4 Å². The summed E-state index contributed by atoms with van der Waals surface area (Å²) in [7, 11) is -3.91. The lowest BCUT2D eigenvalue weighted by Gasteiger charge is -2.19. The zero-order valence-electron chi connectivity index (χ0n) is 15.4. The molecule has 3 N–H and O–H groups in total. The zero-order valence-corrected chi connectivity index (χ0v) is 17.0. The number of hydrazine groups is 1. The first-order chi connectivity index (χ1) is 12.8. The van der Waals surface area contributed by atoms with Crippen LogP contribution in [-0.4, -0.2) is 13.5 Å². The Hall–Kier alpha value is -2.17. The molecule has 152 valence electrons. The third-order valence-corrected chi connectivity index (χ3v) is 5.25. The number of rotatable bonds is 4. The van der Waals surface area contributed by atoms with Crippen molar-refractivity contribution >= 4 is 33.0 Å². The summed E-state index contributed by atoms with van der Waals surface area (Å²) in [5.41, 5.74) is 2.35. The molecule has 0 aromatic heterocycles. The van der Waals surface area contributed by atoms with E-state index in [1.165, 1.54) is 24.3 Å². The second-order valence-corrected chi connectivity index (χ2v) is 9.13. The van der Waals surface area contributed by atoms with Gasteiger partial charge in [0, 0.05) is 5.69 Å². The molecule has 0 saturated carbocycles.